The molecular formula is C35H39Cl2N5O4. The van der Waals surface area contributed by atoms with Gasteiger partial charge in [0.2, 0.25) is 11.8 Å². The summed E-state index contributed by atoms with van der Waals surface area (Å²) in [6.07, 6.45) is 10.1. The second-order valence-corrected chi connectivity index (χ2v) is 12.8. The molecule has 0 radical (unpaired) electrons. The molecule has 3 N–H and O–H groups in total. The topological polar surface area (TPSA) is 123 Å². The van der Waals surface area contributed by atoms with Crippen molar-refractivity contribution in [3.8, 4) is 45.4 Å². The zero-order chi connectivity index (χ0) is 32.2. The van der Waals surface area contributed by atoms with Gasteiger partial charge in [0.1, 0.15) is 11.4 Å². The lowest BCUT2D eigenvalue weighted by atomic mass is 9.98. The molecule has 9 nitrogen and oxygen atoms in total. The number of ether oxygens (including phenoxy) is 2. The van der Waals surface area contributed by atoms with E-state index in [0.29, 0.717) is 63.0 Å². The Morgan fingerprint density at radius 3 is 1.83 bits per heavy atom. The number of aliphatic hydroxyl groups excluding tert-OH is 2. The molecule has 2 fully saturated rings. The van der Waals surface area contributed by atoms with Gasteiger partial charge in [0.15, 0.2) is 0 Å². The van der Waals surface area contributed by atoms with Crippen LogP contribution in [0.25, 0.3) is 33.6 Å². The van der Waals surface area contributed by atoms with Gasteiger partial charge in [-0.2, -0.15) is 0 Å². The minimum absolute atomic E-state index is 0.0411. The van der Waals surface area contributed by atoms with E-state index in [4.69, 9.17) is 47.6 Å². The molecule has 0 aliphatic heterocycles. The molecule has 0 saturated heterocycles. The van der Waals surface area contributed by atoms with E-state index in [1.807, 2.05) is 36.4 Å². The summed E-state index contributed by atoms with van der Waals surface area (Å²) >= 11 is 14.1. The Labute approximate surface area is 279 Å². The molecule has 2 aromatic heterocycles. The third kappa shape index (κ3) is 6.85. The van der Waals surface area contributed by atoms with Crippen molar-refractivity contribution in [2.24, 2.45) is 5.92 Å². The summed E-state index contributed by atoms with van der Waals surface area (Å²) in [5.41, 5.74) is 5.45. The Morgan fingerprint density at radius 2 is 1.28 bits per heavy atom. The van der Waals surface area contributed by atoms with Crippen LogP contribution in [-0.4, -0.2) is 62.6 Å². The fourth-order valence-electron chi connectivity index (χ4n) is 6.63. The predicted octanol–water partition coefficient (Wildman–Crippen LogP) is 6.69. The van der Waals surface area contributed by atoms with Crippen LogP contribution in [0.15, 0.2) is 48.8 Å². The number of benzene rings is 2. The molecular weight excluding hydrogens is 625 g/mol. The number of halogens is 2. The van der Waals surface area contributed by atoms with E-state index in [9.17, 15) is 10.2 Å². The molecule has 2 saturated carbocycles. The first-order chi connectivity index (χ1) is 22.4. The molecule has 4 aromatic rings. The van der Waals surface area contributed by atoms with Gasteiger partial charge < -0.3 is 25.0 Å². The predicted molar refractivity (Wildman–Crippen MR) is 179 cm³/mol. The average molecular weight is 665 g/mol. The van der Waals surface area contributed by atoms with Gasteiger partial charge in [-0.05, 0) is 50.9 Å². The third-order valence-electron chi connectivity index (χ3n) is 9.23. The lowest BCUT2D eigenvalue weighted by Gasteiger charge is -2.17. The van der Waals surface area contributed by atoms with Crippen LogP contribution in [0.1, 0.15) is 56.3 Å². The van der Waals surface area contributed by atoms with Crippen LogP contribution < -0.4 is 14.8 Å². The quantitative estimate of drug-likeness (QED) is 0.161. The number of aromatic nitrogens is 4. The highest BCUT2D eigenvalue weighted by molar-refractivity contribution is 6.39. The Morgan fingerprint density at radius 1 is 0.739 bits per heavy atom. The first-order valence-electron chi connectivity index (χ1n) is 15.8. The van der Waals surface area contributed by atoms with Crippen molar-refractivity contribution in [2.75, 3.05) is 14.2 Å². The second kappa shape index (κ2) is 14.6. The fraction of sp³-hybridized carbons (Fsp3) is 0.429. The van der Waals surface area contributed by atoms with Gasteiger partial charge in [-0.1, -0.05) is 66.0 Å². The Hall–Kier alpha value is -3.34. The number of aryl methyl sites for hydroxylation is 1. The molecule has 0 unspecified atom stereocenters. The molecule has 6 rings (SSSR count). The normalized spacial score (nSPS) is 21.1. The van der Waals surface area contributed by atoms with Crippen LogP contribution in [0.3, 0.4) is 0 Å². The summed E-state index contributed by atoms with van der Waals surface area (Å²) in [5.74, 6) is 1.14. The first-order valence-corrected chi connectivity index (χ1v) is 16.6. The average Bonchev–Trinajstić information content (AvgIpc) is 3.69. The Bertz CT molecular complexity index is 1570. The molecule has 2 aromatic carbocycles. The van der Waals surface area contributed by atoms with Crippen molar-refractivity contribution < 1.29 is 19.7 Å². The summed E-state index contributed by atoms with van der Waals surface area (Å²) in [7, 11) is 3.15. The molecule has 46 heavy (non-hydrogen) atoms. The van der Waals surface area contributed by atoms with Crippen molar-refractivity contribution in [2.45, 2.75) is 76.2 Å². The highest BCUT2D eigenvalue weighted by Gasteiger charge is 2.27. The fourth-order valence-corrected chi connectivity index (χ4v) is 7.28. The SMILES string of the molecule is COc1nc(-c2cccc(-c3cccc(-c4cnc(CN[C@@H]5CCC[C@@H]5O)c(OC)n4)c3Cl)c2Cl)cnc1CC[C@@H]1CCC[C@@H]1O. The number of aliphatic hydroxyl groups is 2. The van der Waals surface area contributed by atoms with Crippen LogP contribution >= 0.6 is 23.2 Å². The molecule has 0 amide bonds. The number of rotatable bonds is 11. The van der Waals surface area contributed by atoms with E-state index in [2.05, 4.69) is 10.3 Å². The largest absolute Gasteiger partial charge is 0.480 e. The highest BCUT2D eigenvalue weighted by atomic mass is 35.5. The molecule has 2 aliphatic rings. The van der Waals surface area contributed by atoms with Crippen LogP contribution in [0, 0.1) is 5.92 Å². The van der Waals surface area contributed by atoms with Gasteiger partial charge in [-0.25, -0.2) is 9.97 Å². The van der Waals surface area contributed by atoms with Gasteiger partial charge in [-0.3, -0.25) is 9.97 Å². The monoisotopic (exact) mass is 663 g/mol. The van der Waals surface area contributed by atoms with Crippen molar-refractivity contribution in [3.63, 3.8) is 0 Å². The number of methoxy groups -OCH3 is 2. The van der Waals surface area contributed by atoms with Crippen LogP contribution in [0.2, 0.25) is 10.0 Å². The Kier molecular flexibility index (Phi) is 10.4. The van der Waals surface area contributed by atoms with Gasteiger partial charge in [0.05, 0.1) is 60.3 Å². The summed E-state index contributed by atoms with van der Waals surface area (Å²) in [6.45, 7) is 0.437. The van der Waals surface area contributed by atoms with E-state index in [-0.39, 0.29) is 24.2 Å². The minimum Gasteiger partial charge on any atom is -0.480 e. The number of hydrogen-bond acceptors (Lipinski definition) is 9. The minimum atomic E-state index is -0.347. The van der Waals surface area contributed by atoms with Gasteiger partial charge >= 0.3 is 0 Å². The molecule has 242 valence electrons. The van der Waals surface area contributed by atoms with Crippen molar-refractivity contribution >= 4 is 23.2 Å². The number of hydrogen-bond donors (Lipinski definition) is 3. The molecule has 2 aliphatic carbocycles. The van der Waals surface area contributed by atoms with Crippen molar-refractivity contribution in [1.29, 1.82) is 0 Å². The van der Waals surface area contributed by atoms with Crippen LogP contribution in [-0.2, 0) is 13.0 Å². The van der Waals surface area contributed by atoms with E-state index < -0.39 is 0 Å². The van der Waals surface area contributed by atoms with Gasteiger partial charge in [0.25, 0.3) is 0 Å². The maximum Gasteiger partial charge on any atom is 0.237 e. The lowest BCUT2D eigenvalue weighted by molar-refractivity contribution is 0.128. The summed E-state index contributed by atoms with van der Waals surface area (Å²) < 4.78 is 11.2. The van der Waals surface area contributed by atoms with E-state index in [0.717, 1.165) is 61.8 Å². The van der Waals surface area contributed by atoms with E-state index >= 15 is 0 Å². The van der Waals surface area contributed by atoms with Crippen LogP contribution in [0.5, 0.6) is 11.8 Å². The molecule has 11 heteroatoms. The summed E-state index contributed by atoms with van der Waals surface area (Å²) in [6, 6.07) is 11.5. The standard InChI is InChI=1S/C35H39Cl2N5O4/c1-45-34-26(16-15-20-7-3-13-30(20)43)39-17-27(41-34)23-10-4-8-21(32(23)36)22-9-5-11-24(33(22)37)28-18-40-29(35(42-28)46-2)19-38-25-12-6-14-31(25)44/h4-5,8-11,17-18,20,25,30-31,38,43-44H,3,6-7,12-16,19H2,1-2H3/t20-,25+,30-,31-/m0/s1. The Balaban J connectivity index is 1.25. The first kappa shape index (κ1) is 32.6. The highest BCUT2D eigenvalue weighted by Crippen LogP contribution is 2.42. The van der Waals surface area contributed by atoms with Crippen LogP contribution in [0.4, 0.5) is 0 Å². The zero-order valence-corrected chi connectivity index (χ0v) is 27.6. The van der Waals surface area contributed by atoms with Gasteiger partial charge in [0, 0.05) is 34.8 Å². The van der Waals surface area contributed by atoms with Crippen molar-refractivity contribution in [3.05, 3.63) is 70.2 Å². The summed E-state index contributed by atoms with van der Waals surface area (Å²) in [5, 5.41) is 24.7. The van der Waals surface area contributed by atoms with E-state index in [1.54, 1.807) is 26.6 Å². The second-order valence-electron chi connectivity index (χ2n) is 12.0. The van der Waals surface area contributed by atoms with Crippen molar-refractivity contribution in [1.82, 2.24) is 25.3 Å². The smallest absolute Gasteiger partial charge is 0.237 e. The molecule has 0 bridgehead atoms. The zero-order valence-electron chi connectivity index (χ0n) is 26.0. The maximum atomic E-state index is 10.2. The number of nitrogens with zero attached hydrogens (tertiary/aromatic N) is 4. The molecule has 2 heterocycles. The maximum absolute atomic E-state index is 10.2. The van der Waals surface area contributed by atoms with E-state index in [1.165, 1.54) is 0 Å². The lowest BCUT2D eigenvalue weighted by Crippen LogP contribution is -2.35. The molecule has 0 spiro atoms. The third-order valence-corrected chi connectivity index (χ3v) is 10.0. The summed E-state index contributed by atoms with van der Waals surface area (Å²) in [4.78, 5) is 18.8. The number of nitrogens with one attached hydrogen (secondary N) is 1. The van der Waals surface area contributed by atoms with Gasteiger partial charge in [-0.15, -0.1) is 0 Å². The molecule has 4 atom stereocenters.